The molecular weight excluding hydrogens is 543 g/mol. The minimum absolute atomic E-state index is 0.104. The van der Waals surface area contributed by atoms with Gasteiger partial charge in [-0.25, -0.2) is 8.42 Å². The van der Waals surface area contributed by atoms with Gasteiger partial charge in [0.05, 0.1) is 34.0 Å². The molecule has 0 atom stereocenters. The third kappa shape index (κ3) is 6.58. The molecule has 38 heavy (non-hydrogen) atoms. The van der Waals surface area contributed by atoms with Gasteiger partial charge in [0.25, 0.3) is 5.01 Å². The molecule has 0 saturated heterocycles. The van der Waals surface area contributed by atoms with Crippen molar-refractivity contribution >= 4 is 66.8 Å². The van der Waals surface area contributed by atoms with Gasteiger partial charge < -0.3 is 19.5 Å². The van der Waals surface area contributed by atoms with Crippen LogP contribution >= 0.6 is 23.1 Å². The molecule has 0 bridgehead atoms. The average molecular weight is 574 g/mol. The number of thioether (sulfide) groups is 1. The fourth-order valence-corrected chi connectivity index (χ4v) is 7.13. The summed E-state index contributed by atoms with van der Waals surface area (Å²) in [6.45, 7) is 6.88. The molecule has 202 valence electrons. The zero-order valence-electron chi connectivity index (χ0n) is 21.8. The lowest BCUT2D eigenvalue weighted by molar-refractivity contribution is -0.668. The SMILES string of the molecule is CCC(/C=C1\Sc2ccc(NC(C)=O)cc2N1CC)=C\c1sc2ccc(OC)cc2[n+]1CCCS(=O)(=O)[O-]. The number of amides is 1. The van der Waals surface area contributed by atoms with E-state index < -0.39 is 15.9 Å². The van der Waals surface area contributed by atoms with Crippen molar-refractivity contribution in [2.24, 2.45) is 0 Å². The molecule has 11 heteroatoms. The molecule has 0 unspecified atom stereocenters. The molecule has 1 N–H and O–H groups in total. The number of thiazole rings is 1. The van der Waals surface area contributed by atoms with E-state index in [2.05, 4.69) is 40.8 Å². The largest absolute Gasteiger partial charge is 0.748 e. The van der Waals surface area contributed by atoms with Gasteiger partial charge in [0.2, 0.25) is 11.4 Å². The number of aryl methyl sites for hydroxylation is 1. The second-order valence-electron chi connectivity index (χ2n) is 8.81. The number of benzene rings is 2. The quantitative estimate of drug-likeness (QED) is 0.257. The lowest BCUT2D eigenvalue weighted by atomic mass is 10.2. The standard InChI is InChI=1S/C27H31N3O5S3/c1-5-19(14-26-29(6-2)22-16-20(28-18(3)31)8-10-24(22)36-26)15-27-30(12-7-13-38(32,33)34)23-17-21(35-4)9-11-25(23)37-27/h8-11,14-17H,5-7,12-13H2,1-4H3,(H-,28,31,32,33,34). The summed E-state index contributed by atoms with van der Waals surface area (Å²) in [5.74, 6) is 0.203. The number of fused-ring (bicyclic) bond motifs is 2. The topological polar surface area (TPSA) is 103 Å². The molecule has 0 aliphatic carbocycles. The zero-order valence-corrected chi connectivity index (χ0v) is 24.3. The fraction of sp³-hybridized carbons (Fsp3) is 0.333. The van der Waals surface area contributed by atoms with Gasteiger partial charge in [0, 0.05) is 42.3 Å². The van der Waals surface area contributed by atoms with Crippen molar-refractivity contribution in [1.29, 1.82) is 0 Å². The number of aromatic nitrogens is 1. The van der Waals surface area contributed by atoms with Crippen LogP contribution < -0.4 is 19.5 Å². The molecule has 0 spiro atoms. The van der Waals surface area contributed by atoms with Crippen molar-refractivity contribution < 1.29 is 27.1 Å². The van der Waals surface area contributed by atoms with Crippen molar-refractivity contribution in [1.82, 2.24) is 0 Å². The Morgan fingerprint density at radius 1 is 1.21 bits per heavy atom. The Labute approximate surface area is 231 Å². The van der Waals surface area contributed by atoms with Gasteiger partial charge >= 0.3 is 0 Å². The molecular formula is C27H31N3O5S3. The number of nitrogens with zero attached hydrogens (tertiary/aromatic N) is 2. The Balaban J connectivity index is 1.71. The Morgan fingerprint density at radius 2 is 2.00 bits per heavy atom. The van der Waals surface area contributed by atoms with Crippen molar-refractivity contribution in [2.75, 3.05) is 29.6 Å². The van der Waals surface area contributed by atoms with Crippen molar-refractivity contribution in [3.8, 4) is 5.75 Å². The molecule has 3 aromatic rings. The van der Waals surface area contributed by atoms with Gasteiger partial charge in [-0.1, -0.05) is 30.0 Å². The highest BCUT2D eigenvalue weighted by Gasteiger charge is 2.25. The smallest absolute Gasteiger partial charge is 0.263 e. The predicted molar refractivity (Wildman–Crippen MR) is 154 cm³/mol. The Hall–Kier alpha value is -2.86. The van der Waals surface area contributed by atoms with Crippen LogP contribution in [0.25, 0.3) is 16.3 Å². The van der Waals surface area contributed by atoms with Gasteiger partial charge in [-0.3, -0.25) is 4.79 Å². The maximum atomic E-state index is 11.5. The number of hydrogen-bond acceptors (Lipinski definition) is 8. The summed E-state index contributed by atoms with van der Waals surface area (Å²) in [6.07, 6.45) is 5.34. The van der Waals surface area contributed by atoms with E-state index in [0.717, 1.165) is 55.1 Å². The second kappa shape index (κ2) is 11.9. The van der Waals surface area contributed by atoms with Crippen LogP contribution in [0.5, 0.6) is 5.75 Å². The summed E-state index contributed by atoms with van der Waals surface area (Å²) >= 11 is 3.31. The van der Waals surface area contributed by atoms with Crippen molar-refractivity contribution in [2.45, 2.75) is 45.1 Å². The summed E-state index contributed by atoms with van der Waals surface area (Å²) in [5, 5.41) is 4.93. The van der Waals surface area contributed by atoms with Crippen LogP contribution in [0, 0.1) is 0 Å². The van der Waals surface area contributed by atoms with Crippen LogP contribution in [0.15, 0.2) is 58.0 Å². The highest BCUT2D eigenvalue weighted by atomic mass is 32.2. The molecule has 1 aromatic heterocycles. The highest BCUT2D eigenvalue weighted by Crippen LogP contribution is 2.47. The molecule has 0 fully saturated rings. The number of allylic oxidation sites excluding steroid dienone is 2. The average Bonchev–Trinajstić information content (AvgIpc) is 3.38. The summed E-state index contributed by atoms with van der Waals surface area (Å²) in [5.41, 5.74) is 3.89. The molecule has 1 amide bonds. The second-order valence-corrected chi connectivity index (χ2v) is 12.5. The Bertz CT molecular complexity index is 1530. The molecule has 2 aromatic carbocycles. The third-order valence-electron chi connectivity index (χ3n) is 6.11. The van der Waals surface area contributed by atoms with Gasteiger partial charge in [0.15, 0.2) is 6.54 Å². The number of nitrogens with one attached hydrogen (secondary N) is 1. The number of rotatable bonds is 10. The Morgan fingerprint density at radius 3 is 2.66 bits per heavy atom. The molecule has 4 rings (SSSR count). The van der Waals surface area contributed by atoms with E-state index in [9.17, 15) is 17.8 Å². The fourth-order valence-electron chi connectivity index (χ4n) is 4.32. The van der Waals surface area contributed by atoms with Crippen molar-refractivity contribution in [3.63, 3.8) is 0 Å². The van der Waals surface area contributed by atoms with Gasteiger partial charge in [-0.2, -0.15) is 4.57 Å². The zero-order chi connectivity index (χ0) is 27.4. The maximum Gasteiger partial charge on any atom is 0.263 e. The van der Waals surface area contributed by atoms with E-state index in [1.807, 2.05) is 36.4 Å². The third-order valence-corrected chi connectivity index (χ3v) is 9.12. The lowest BCUT2D eigenvalue weighted by Crippen LogP contribution is -2.36. The Kier molecular flexibility index (Phi) is 8.81. The predicted octanol–water partition coefficient (Wildman–Crippen LogP) is 5.36. The van der Waals surface area contributed by atoms with E-state index in [1.54, 1.807) is 30.2 Å². The molecule has 2 heterocycles. The van der Waals surface area contributed by atoms with E-state index >= 15 is 0 Å². The minimum atomic E-state index is -4.29. The number of carbonyl (C=O) groups excluding carboxylic acids is 1. The first-order valence-corrected chi connectivity index (χ1v) is 15.6. The number of carbonyl (C=O) groups is 1. The summed E-state index contributed by atoms with van der Waals surface area (Å²) in [6, 6.07) is 11.8. The van der Waals surface area contributed by atoms with Crippen LogP contribution in [-0.4, -0.2) is 38.3 Å². The number of methoxy groups -OCH3 is 1. The van der Waals surface area contributed by atoms with Crippen LogP contribution in [0.1, 0.15) is 38.6 Å². The van der Waals surface area contributed by atoms with Gasteiger partial charge in [0.1, 0.15) is 10.4 Å². The van der Waals surface area contributed by atoms with Crippen molar-refractivity contribution in [3.05, 3.63) is 58.1 Å². The van der Waals surface area contributed by atoms with Crippen LogP contribution in [0.3, 0.4) is 0 Å². The maximum absolute atomic E-state index is 11.5. The first-order chi connectivity index (χ1) is 18.1. The summed E-state index contributed by atoms with van der Waals surface area (Å²) in [4.78, 5) is 14.9. The normalized spacial score (nSPS) is 14.8. The monoisotopic (exact) mass is 573 g/mol. The molecule has 8 nitrogen and oxygen atoms in total. The van der Waals surface area contributed by atoms with Gasteiger partial charge in [-0.05, 0) is 55.3 Å². The highest BCUT2D eigenvalue weighted by molar-refractivity contribution is 8.03. The number of anilines is 2. The number of ether oxygens (including phenoxy) is 1. The first-order valence-electron chi connectivity index (χ1n) is 12.3. The lowest BCUT2D eigenvalue weighted by Gasteiger charge is -2.19. The van der Waals surface area contributed by atoms with Crippen LogP contribution in [0.2, 0.25) is 0 Å². The van der Waals surface area contributed by atoms with E-state index in [0.29, 0.717) is 12.3 Å². The van der Waals surface area contributed by atoms with E-state index in [1.165, 1.54) is 6.92 Å². The molecule has 1 aliphatic heterocycles. The van der Waals surface area contributed by atoms with Crippen LogP contribution in [-0.2, 0) is 21.5 Å². The molecule has 0 radical (unpaired) electrons. The summed E-state index contributed by atoms with van der Waals surface area (Å²) in [7, 11) is -2.67. The first kappa shape index (κ1) is 28.2. The molecule has 1 aliphatic rings. The van der Waals surface area contributed by atoms with E-state index in [-0.39, 0.29) is 12.3 Å². The number of hydrogen-bond donors (Lipinski definition) is 1. The molecule has 0 saturated carbocycles. The van der Waals surface area contributed by atoms with Gasteiger partial charge in [-0.15, -0.1) is 0 Å². The van der Waals surface area contributed by atoms with E-state index in [4.69, 9.17) is 4.74 Å². The summed E-state index contributed by atoms with van der Waals surface area (Å²) < 4.78 is 42.2. The minimum Gasteiger partial charge on any atom is -0.748 e. The van der Waals surface area contributed by atoms with Crippen LogP contribution in [0.4, 0.5) is 11.4 Å².